The van der Waals surface area contributed by atoms with Crippen molar-refractivity contribution in [3.05, 3.63) is 108 Å². The number of imidazole rings is 1. The third-order valence-electron chi connectivity index (χ3n) is 5.56. The van der Waals surface area contributed by atoms with Gasteiger partial charge in [-0.3, -0.25) is 0 Å². The van der Waals surface area contributed by atoms with Gasteiger partial charge in [0.05, 0.1) is 11.2 Å². The van der Waals surface area contributed by atoms with Crippen molar-refractivity contribution >= 4 is 21.7 Å². The van der Waals surface area contributed by atoms with Gasteiger partial charge in [0.15, 0.2) is 0 Å². The first-order chi connectivity index (χ1) is 14.3. The van der Waals surface area contributed by atoms with Crippen LogP contribution in [0, 0.1) is 0 Å². The van der Waals surface area contributed by atoms with Crippen LogP contribution in [0.4, 0.5) is 0 Å². The van der Waals surface area contributed by atoms with Crippen LogP contribution in [0.2, 0.25) is 0 Å². The van der Waals surface area contributed by atoms with Gasteiger partial charge in [-0.2, -0.15) is 0 Å². The van der Waals surface area contributed by atoms with Gasteiger partial charge in [0.25, 0.3) is 5.82 Å². The lowest BCUT2D eigenvalue weighted by Crippen LogP contribution is -3.00. The molecule has 0 unspecified atom stereocenters. The quantitative estimate of drug-likeness (QED) is 0.370. The van der Waals surface area contributed by atoms with E-state index in [9.17, 15) is 0 Å². The lowest BCUT2D eigenvalue weighted by molar-refractivity contribution is -0.695. The van der Waals surface area contributed by atoms with Crippen LogP contribution < -0.4 is 21.5 Å². The van der Waals surface area contributed by atoms with Gasteiger partial charge in [-0.15, -0.1) is 0 Å². The summed E-state index contributed by atoms with van der Waals surface area (Å²) < 4.78 is 4.67. The molecule has 0 saturated heterocycles. The summed E-state index contributed by atoms with van der Waals surface area (Å²) in [5, 5.41) is 3.77. The van der Waals surface area contributed by atoms with E-state index >= 15 is 0 Å². The molecule has 0 atom stereocenters. The molecule has 30 heavy (non-hydrogen) atoms. The van der Waals surface area contributed by atoms with E-state index in [2.05, 4.69) is 101 Å². The zero-order valence-corrected chi connectivity index (χ0v) is 18.6. The van der Waals surface area contributed by atoms with Crippen molar-refractivity contribution in [3.63, 3.8) is 0 Å². The van der Waals surface area contributed by atoms with Crippen LogP contribution in [-0.2, 0) is 19.5 Å². The summed E-state index contributed by atoms with van der Waals surface area (Å²) in [6, 6.07) is 27.9. The number of hydrogen-bond acceptors (Lipinski definition) is 1. The molecule has 150 valence electrons. The number of halogens is 1. The number of aromatic nitrogens is 3. The molecule has 3 aromatic carbocycles. The molecule has 0 spiro atoms. The van der Waals surface area contributed by atoms with Crippen LogP contribution in [-0.4, -0.2) is 9.55 Å². The Labute approximate surface area is 187 Å². The summed E-state index contributed by atoms with van der Waals surface area (Å²) in [7, 11) is 0. The van der Waals surface area contributed by atoms with E-state index in [1.165, 1.54) is 27.5 Å². The fraction of sp³-hybridized carbons (Fsp3) is 0.154. The number of hydrogen-bond donors (Lipinski definition) is 0. The highest BCUT2D eigenvalue weighted by atomic mass is 79.9. The van der Waals surface area contributed by atoms with Crippen molar-refractivity contribution in [1.29, 1.82) is 0 Å². The Morgan fingerprint density at radius 3 is 2.40 bits per heavy atom. The van der Waals surface area contributed by atoms with E-state index in [1.54, 1.807) is 0 Å². The Morgan fingerprint density at radius 2 is 1.57 bits per heavy atom. The van der Waals surface area contributed by atoms with E-state index in [-0.39, 0.29) is 17.0 Å². The maximum atomic E-state index is 4.84. The minimum Gasteiger partial charge on any atom is -1.00 e. The Kier molecular flexibility index (Phi) is 5.96. The zero-order chi connectivity index (χ0) is 19.6. The Bertz CT molecular complexity index is 1210. The molecular formula is C26H24BrN3. The predicted octanol–water partition coefficient (Wildman–Crippen LogP) is 2.14. The SMILES string of the molecule is CCc1n(Cc2ccc3ccccc3n2)cc[n+]1Cc1ccc2ccccc2c1.[Br-]. The Hall–Kier alpha value is -2.98. The lowest BCUT2D eigenvalue weighted by atomic mass is 10.1. The summed E-state index contributed by atoms with van der Waals surface area (Å²) >= 11 is 0. The molecule has 0 fully saturated rings. The lowest BCUT2D eigenvalue weighted by Gasteiger charge is -2.06. The largest absolute Gasteiger partial charge is 1.00 e. The van der Waals surface area contributed by atoms with Crippen LogP contribution in [0.15, 0.2) is 91.3 Å². The first-order valence-corrected chi connectivity index (χ1v) is 10.2. The number of para-hydroxylation sites is 1. The highest BCUT2D eigenvalue weighted by molar-refractivity contribution is 5.83. The smallest absolute Gasteiger partial charge is 0.256 e. The maximum absolute atomic E-state index is 4.84. The molecule has 2 aromatic heterocycles. The minimum atomic E-state index is 0. The van der Waals surface area contributed by atoms with Crippen LogP contribution in [0.5, 0.6) is 0 Å². The van der Waals surface area contributed by atoms with Gasteiger partial charge in [-0.25, -0.2) is 14.1 Å². The summed E-state index contributed by atoms with van der Waals surface area (Å²) in [5.74, 6) is 1.31. The summed E-state index contributed by atoms with van der Waals surface area (Å²) in [6.07, 6.45) is 5.35. The topological polar surface area (TPSA) is 21.7 Å². The number of pyridine rings is 1. The second-order valence-corrected chi connectivity index (χ2v) is 7.50. The number of rotatable bonds is 5. The molecule has 0 aliphatic carbocycles. The van der Waals surface area contributed by atoms with E-state index in [0.717, 1.165) is 30.7 Å². The van der Waals surface area contributed by atoms with Crippen molar-refractivity contribution in [3.8, 4) is 0 Å². The second-order valence-electron chi connectivity index (χ2n) is 7.50. The van der Waals surface area contributed by atoms with Gasteiger partial charge in [0.2, 0.25) is 0 Å². The molecule has 0 radical (unpaired) electrons. The summed E-state index contributed by atoms with van der Waals surface area (Å²) in [5.41, 5.74) is 3.47. The first kappa shape index (κ1) is 20.3. The van der Waals surface area contributed by atoms with E-state index in [4.69, 9.17) is 4.98 Å². The van der Waals surface area contributed by atoms with Gasteiger partial charge in [-0.05, 0) is 34.5 Å². The van der Waals surface area contributed by atoms with E-state index < -0.39 is 0 Å². The molecule has 0 amide bonds. The normalized spacial score (nSPS) is 11.0. The number of benzene rings is 3. The Morgan fingerprint density at radius 1 is 0.833 bits per heavy atom. The van der Waals surface area contributed by atoms with E-state index in [1.807, 2.05) is 6.07 Å². The van der Waals surface area contributed by atoms with Crippen LogP contribution in [0.1, 0.15) is 24.0 Å². The third-order valence-corrected chi connectivity index (χ3v) is 5.56. The molecule has 0 aliphatic heterocycles. The molecular weight excluding hydrogens is 434 g/mol. The monoisotopic (exact) mass is 457 g/mol. The maximum Gasteiger partial charge on any atom is 0.256 e. The van der Waals surface area contributed by atoms with Gasteiger partial charge in [0, 0.05) is 11.8 Å². The highest BCUT2D eigenvalue weighted by Gasteiger charge is 2.16. The standard InChI is InChI=1S/C26H24N3.BrH/c1-2-26-28(18-20-11-12-21-7-3-4-9-23(21)17-20)15-16-29(26)19-24-14-13-22-8-5-6-10-25(22)27-24;/h3-17H,2,18-19H2,1H3;1H/q+1;/p-1. The molecule has 4 heteroatoms. The van der Waals surface area contributed by atoms with Crippen molar-refractivity contribution in [2.24, 2.45) is 0 Å². The van der Waals surface area contributed by atoms with Crippen LogP contribution >= 0.6 is 0 Å². The molecule has 5 rings (SSSR count). The van der Waals surface area contributed by atoms with Crippen LogP contribution in [0.25, 0.3) is 21.7 Å². The fourth-order valence-corrected chi connectivity index (χ4v) is 4.10. The van der Waals surface area contributed by atoms with Gasteiger partial charge in [0.1, 0.15) is 25.5 Å². The van der Waals surface area contributed by atoms with Gasteiger partial charge in [-0.1, -0.05) is 67.6 Å². The zero-order valence-electron chi connectivity index (χ0n) is 17.0. The van der Waals surface area contributed by atoms with Crippen molar-refractivity contribution in [2.75, 3.05) is 0 Å². The summed E-state index contributed by atoms with van der Waals surface area (Å²) in [6.45, 7) is 3.89. The van der Waals surface area contributed by atoms with E-state index in [0.29, 0.717) is 0 Å². The average molecular weight is 458 g/mol. The molecule has 0 bridgehead atoms. The van der Waals surface area contributed by atoms with Crippen LogP contribution in [0.3, 0.4) is 0 Å². The molecule has 3 nitrogen and oxygen atoms in total. The molecule has 0 N–H and O–H groups in total. The predicted molar refractivity (Wildman–Crippen MR) is 118 cm³/mol. The molecule has 2 heterocycles. The third kappa shape index (κ3) is 4.01. The number of nitrogens with zero attached hydrogens (tertiary/aromatic N) is 3. The summed E-state index contributed by atoms with van der Waals surface area (Å²) in [4.78, 5) is 4.84. The second kappa shape index (κ2) is 8.80. The fourth-order valence-electron chi connectivity index (χ4n) is 4.10. The average Bonchev–Trinajstić information content (AvgIpc) is 3.14. The minimum absolute atomic E-state index is 0. The van der Waals surface area contributed by atoms with Gasteiger partial charge >= 0.3 is 0 Å². The number of fused-ring (bicyclic) bond motifs is 2. The van der Waals surface area contributed by atoms with Gasteiger partial charge < -0.3 is 17.0 Å². The van der Waals surface area contributed by atoms with Crippen molar-refractivity contribution in [1.82, 2.24) is 9.55 Å². The highest BCUT2D eigenvalue weighted by Crippen LogP contribution is 2.16. The first-order valence-electron chi connectivity index (χ1n) is 10.2. The molecule has 0 aliphatic rings. The molecule has 0 saturated carbocycles. The molecule has 5 aromatic rings. The Balaban J connectivity index is 0.00000218. The van der Waals surface area contributed by atoms with Crippen molar-refractivity contribution < 1.29 is 21.5 Å². The van der Waals surface area contributed by atoms with Crippen molar-refractivity contribution in [2.45, 2.75) is 26.4 Å².